The number of rotatable bonds is 6. The fourth-order valence-electron chi connectivity index (χ4n) is 3.56. The molecular weight excluding hydrogens is 360 g/mol. The summed E-state index contributed by atoms with van der Waals surface area (Å²) in [6, 6.07) is 1.64. The highest BCUT2D eigenvalue weighted by atomic mass is 16.3. The van der Waals surface area contributed by atoms with E-state index >= 15 is 0 Å². The molecule has 1 amide bonds. The number of nitrogens with one attached hydrogen (secondary N) is 3. The second-order valence-corrected chi connectivity index (χ2v) is 6.99. The number of aromatic amines is 1. The van der Waals surface area contributed by atoms with Gasteiger partial charge in [0.25, 0.3) is 0 Å². The van der Waals surface area contributed by atoms with Gasteiger partial charge in [0.05, 0.1) is 24.1 Å². The Hall–Kier alpha value is -2.98. The number of aliphatic hydroxyl groups is 1. The van der Waals surface area contributed by atoms with Crippen molar-refractivity contribution in [2.45, 2.75) is 31.2 Å². The fraction of sp³-hybridized carbons (Fsp3) is 0.444. The van der Waals surface area contributed by atoms with Crippen molar-refractivity contribution in [1.29, 1.82) is 0 Å². The van der Waals surface area contributed by atoms with Crippen LogP contribution >= 0.6 is 0 Å². The fourth-order valence-corrected chi connectivity index (χ4v) is 3.56. The number of aromatic nitrogens is 5. The molecule has 4 rings (SSSR count). The minimum Gasteiger partial charge on any atom is -0.396 e. The predicted molar refractivity (Wildman–Crippen MR) is 103 cm³/mol. The molecule has 0 spiro atoms. The molecule has 28 heavy (non-hydrogen) atoms. The number of nitrogen functional groups attached to an aromatic ring is 1. The molecule has 0 aliphatic carbocycles. The number of carbonyl (C=O) groups excluding carboxylic acids is 1. The molecule has 0 unspecified atom stereocenters. The van der Waals surface area contributed by atoms with Gasteiger partial charge in [-0.25, -0.2) is 4.98 Å². The normalized spacial score (nSPS) is 19.8. The third-order valence-corrected chi connectivity index (χ3v) is 5.11. The average molecular weight is 384 g/mol. The molecule has 0 radical (unpaired) electrons. The largest absolute Gasteiger partial charge is 0.396 e. The number of hydrogen-bond donors (Lipinski definition) is 5. The summed E-state index contributed by atoms with van der Waals surface area (Å²) >= 11 is 0. The van der Waals surface area contributed by atoms with Gasteiger partial charge in [-0.1, -0.05) is 0 Å². The Kier molecular flexibility index (Phi) is 5.22. The van der Waals surface area contributed by atoms with Crippen LogP contribution in [0.15, 0.2) is 24.7 Å². The zero-order valence-electron chi connectivity index (χ0n) is 15.4. The molecule has 1 fully saturated rings. The van der Waals surface area contributed by atoms with E-state index in [0.717, 1.165) is 29.7 Å². The van der Waals surface area contributed by atoms with E-state index in [0.29, 0.717) is 31.0 Å². The molecule has 4 heterocycles. The lowest BCUT2D eigenvalue weighted by molar-refractivity contribution is -0.123. The van der Waals surface area contributed by atoms with Crippen molar-refractivity contribution in [3.05, 3.63) is 30.4 Å². The molecule has 0 saturated carbocycles. The molecule has 148 valence electrons. The molecule has 1 saturated heterocycles. The predicted octanol–water partition coefficient (Wildman–Crippen LogP) is 0.0358. The minimum atomic E-state index is -0.215. The summed E-state index contributed by atoms with van der Waals surface area (Å²) in [5, 5.41) is 26.1. The summed E-state index contributed by atoms with van der Waals surface area (Å²) in [5.41, 5.74) is 9.56. The highest BCUT2D eigenvalue weighted by molar-refractivity contribution is 5.82. The van der Waals surface area contributed by atoms with Crippen LogP contribution in [0.2, 0.25) is 0 Å². The van der Waals surface area contributed by atoms with E-state index in [1.54, 1.807) is 23.1 Å². The molecular formula is C18H24N8O2. The van der Waals surface area contributed by atoms with Gasteiger partial charge < -0.3 is 21.5 Å². The molecule has 3 aromatic heterocycles. The van der Waals surface area contributed by atoms with E-state index in [1.807, 2.05) is 6.07 Å². The van der Waals surface area contributed by atoms with Gasteiger partial charge in [0.15, 0.2) is 5.65 Å². The van der Waals surface area contributed by atoms with Gasteiger partial charge in [-0.2, -0.15) is 14.7 Å². The van der Waals surface area contributed by atoms with Gasteiger partial charge in [-0.3, -0.25) is 9.89 Å². The second kappa shape index (κ2) is 7.95. The number of nitrogens with two attached hydrogens (primary N) is 1. The molecule has 1 aliphatic rings. The molecule has 3 aromatic rings. The summed E-state index contributed by atoms with van der Waals surface area (Å²) in [7, 11) is 0. The third-order valence-electron chi connectivity index (χ3n) is 5.11. The molecule has 1 aliphatic heterocycles. The lowest BCUT2D eigenvalue weighted by atomic mass is 9.91. The minimum absolute atomic E-state index is 0.0205. The van der Waals surface area contributed by atoms with E-state index in [2.05, 4.69) is 25.9 Å². The van der Waals surface area contributed by atoms with Crippen LogP contribution < -0.4 is 16.4 Å². The van der Waals surface area contributed by atoms with Crippen molar-refractivity contribution >= 4 is 17.4 Å². The molecule has 10 heteroatoms. The smallest absolute Gasteiger partial charge is 0.237 e. The van der Waals surface area contributed by atoms with Crippen LogP contribution in [0.25, 0.3) is 16.8 Å². The van der Waals surface area contributed by atoms with Crippen molar-refractivity contribution in [2.24, 2.45) is 0 Å². The Morgan fingerprint density at radius 1 is 1.39 bits per heavy atom. The van der Waals surface area contributed by atoms with Crippen molar-refractivity contribution in [3.8, 4) is 11.1 Å². The average Bonchev–Trinajstić information content (AvgIpc) is 3.38. The van der Waals surface area contributed by atoms with E-state index in [-0.39, 0.29) is 24.5 Å². The summed E-state index contributed by atoms with van der Waals surface area (Å²) < 4.78 is 1.62. The number of nitrogens with zero attached hydrogens (tertiary/aromatic N) is 4. The van der Waals surface area contributed by atoms with E-state index < -0.39 is 0 Å². The van der Waals surface area contributed by atoms with Crippen molar-refractivity contribution in [3.63, 3.8) is 0 Å². The first-order chi connectivity index (χ1) is 13.7. The van der Waals surface area contributed by atoms with Crippen LogP contribution in [-0.4, -0.2) is 61.5 Å². The molecule has 2 atom stereocenters. The summed E-state index contributed by atoms with van der Waals surface area (Å²) in [4.78, 5) is 17.0. The Labute approximate surface area is 161 Å². The van der Waals surface area contributed by atoms with Crippen molar-refractivity contribution in [2.75, 3.05) is 25.4 Å². The Morgan fingerprint density at radius 3 is 3.00 bits per heavy atom. The summed E-state index contributed by atoms with van der Waals surface area (Å²) in [6.45, 7) is 1.21. The number of fused-ring (bicyclic) bond motifs is 1. The Bertz CT molecular complexity index is 944. The van der Waals surface area contributed by atoms with Crippen LogP contribution in [-0.2, 0) is 4.79 Å². The number of hydrogen-bond acceptors (Lipinski definition) is 7. The van der Waals surface area contributed by atoms with Crippen LogP contribution in [0, 0.1) is 0 Å². The number of amides is 1. The maximum absolute atomic E-state index is 12.2. The number of piperidine rings is 1. The second-order valence-electron chi connectivity index (χ2n) is 6.99. The topological polar surface area (TPSA) is 146 Å². The lowest BCUT2D eigenvalue weighted by Gasteiger charge is -2.29. The third kappa shape index (κ3) is 3.56. The molecule has 0 bridgehead atoms. The standard InChI is InChI=1S/C18H24N8O2/c19-16-6-15(11-2-3-14(21-7-11)18(28)20-4-1-5-27)25-17-13(10-24-26(16)17)12-8-22-23-9-12/h6,8-11,14,21,27H,1-5,7,19H2,(H,20,28)(H,22,23)/t11-,14-/m0/s1. The Morgan fingerprint density at radius 2 is 2.29 bits per heavy atom. The first-order valence-electron chi connectivity index (χ1n) is 9.42. The number of anilines is 1. The van der Waals surface area contributed by atoms with Gasteiger partial charge >= 0.3 is 0 Å². The summed E-state index contributed by atoms with van der Waals surface area (Å²) in [6.07, 6.45) is 7.38. The van der Waals surface area contributed by atoms with Crippen LogP contribution in [0.1, 0.15) is 30.9 Å². The molecule has 6 N–H and O–H groups in total. The van der Waals surface area contributed by atoms with E-state index in [4.69, 9.17) is 15.8 Å². The van der Waals surface area contributed by atoms with Crippen molar-refractivity contribution < 1.29 is 9.90 Å². The number of H-pyrrole nitrogens is 1. The van der Waals surface area contributed by atoms with Crippen LogP contribution in [0.4, 0.5) is 5.82 Å². The van der Waals surface area contributed by atoms with E-state index in [9.17, 15) is 4.79 Å². The highest BCUT2D eigenvalue weighted by Crippen LogP contribution is 2.29. The van der Waals surface area contributed by atoms with Gasteiger partial charge in [-0.15, -0.1) is 0 Å². The first kappa shape index (κ1) is 18.4. The van der Waals surface area contributed by atoms with Crippen LogP contribution in [0.3, 0.4) is 0 Å². The molecule has 0 aromatic carbocycles. The maximum atomic E-state index is 12.2. The summed E-state index contributed by atoms with van der Waals surface area (Å²) in [5.74, 6) is 0.673. The Balaban J connectivity index is 1.49. The number of aliphatic hydroxyl groups excluding tert-OH is 1. The van der Waals surface area contributed by atoms with Gasteiger partial charge in [0, 0.05) is 49.0 Å². The highest BCUT2D eigenvalue weighted by Gasteiger charge is 2.28. The first-order valence-corrected chi connectivity index (χ1v) is 9.42. The number of carbonyl (C=O) groups is 1. The van der Waals surface area contributed by atoms with Gasteiger partial charge in [0.2, 0.25) is 5.91 Å². The van der Waals surface area contributed by atoms with Crippen LogP contribution in [0.5, 0.6) is 0 Å². The zero-order valence-corrected chi connectivity index (χ0v) is 15.4. The molecule has 10 nitrogen and oxygen atoms in total. The van der Waals surface area contributed by atoms with E-state index in [1.165, 1.54) is 0 Å². The lowest BCUT2D eigenvalue weighted by Crippen LogP contribution is -2.48. The monoisotopic (exact) mass is 384 g/mol. The van der Waals surface area contributed by atoms with Crippen molar-refractivity contribution in [1.82, 2.24) is 35.4 Å². The van der Waals surface area contributed by atoms with Gasteiger partial charge in [-0.05, 0) is 19.3 Å². The van der Waals surface area contributed by atoms with Gasteiger partial charge in [0.1, 0.15) is 5.82 Å². The SMILES string of the molecule is Nc1cc([C@H]2CC[C@@H](C(=O)NCCCO)NC2)nc2c(-c3cn[nH]c3)cnn12. The zero-order chi connectivity index (χ0) is 19.5. The maximum Gasteiger partial charge on any atom is 0.237 e. The quantitative estimate of drug-likeness (QED) is 0.377.